The van der Waals surface area contributed by atoms with E-state index in [4.69, 9.17) is 0 Å². The van der Waals surface area contributed by atoms with E-state index in [0.717, 1.165) is 5.01 Å². The zero-order valence-electron chi connectivity index (χ0n) is 11.5. The van der Waals surface area contributed by atoms with Gasteiger partial charge in [0.1, 0.15) is 10.7 Å². The van der Waals surface area contributed by atoms with Gasteiger partial charge in [0.15, 0.2) is 0 Å². The summed E-state index contributed by atoms with van der Waals surface area (Å²) in [7, 11) is 1.51. The summed E-state index contributed by atoms with van der Waals surface area (Å²) in [5, 5.41) is 19.3. The van der Waals surface area contributed by atoms with E-state index < -0.39 is 4.92 Å². The summed E-state index contributed by atoms with van der Waals surface area (Å²) in [6.45, 7) is 1.86. The lowest BCUT2D eigenvalue weighted by molar-refractivity contribution is -0.384. The highest BCUT2D eigenvalue weighted by Crippen LogP contribution is 2.29. The molecule has 1 heterocycles. The largest absolute Gasteiger partial charge is 0.371 e. The molecule has 21 heavy (non-hydrogen) atoms. The topological polar surface area (TPSA) is 97.2 Å². The third kappa shape index (κ3) is 3.34. The van der Waals surface area contributed by atoms with Crippen LogP contribution in [0.4, 0.5) is 11.4 Å². The van der Waals surface area contributed by atoms with Gasteiger partial charge in [-0.25, -0.2) is 4.98 Å². The molecule has 0 bridgehead atoms. The van der Waals surface area contributed by atoms with E-state index in [1.807, 2.05) is 12.3 Å². The molecule has 0 aliphatic heterocycles. The molecule has 1 aromatic heterocycles. The summed E-state index contributed by atoms with van der Waals surface area (Å²) in [5.41, 5.74) is 0.576. The summed E-state index contributed by atoms with van der Waals surface area (Å²) < 4.78 is 0. The first kappa shape index (κ1) is 14.9. The Kier molecular flexibility index (Phi) is 4.49. The molecule has 0 aliphatic carbocycles. The summed E-state index contributed by atoms with van der Waals surface area (Å²) in [4.78, 5) is 26.4. The molecule has 2 aromatic rings. The predicted octanol–water partition coefficient (Wildman–Crippen LogP) is 2.58. The number of hydrogen-bond donors (Lipinski definition) is 2. The molecule has 1 aromatic carbocycles. The van der Waals surface area contributed by atoms with E-state index in [-0.39, 0.29) is 17.6 Å². The smallest absolute Gasteiger partial charge is 0.292 e. The van der Waals surface area contributed by atoms with E-state index in [1.54, 1.807) is 6.20 Å². The number of thiazole rings is 1. The quantitative estimate of drug-likeness (QED) is 0.653. The van der Waals surface area contributed by atoms with Crippen molar-refractivity contribution < 1.29 is 9.72 Å². The number of rotatable bonds is 5. The number of anilines is 1. The zero-order valence-corrected chi connectivity index (χ0v) is 12.3. The Morgan fingerprint density at radius 3 is 2.81 bits per heavy atom. The molecular weight excluding hydrogens is 292 g/mol. The average molecular weight is 306 g/mol. The predicted molar refractivity (Wildman–Crippen MR) is 80.6 cm³/mol. The number of carbonyl (C=O) groups excluding carboxylic acids is 1. The number of nitrogens with zero attached hydrogens (tertiary/aromatic N) is 2. The lowest BCUT2D eigenvalue weighted by atomic mass is 10.1. The van der Waals surface area contributed by atoms with E-state index in [9.17, 15) is 14.9 Å². The van der Waals surface area contributed by atoms with Gasteiger partial charge in [-0.2, -0.15) is 0 Å². The van der Waals surface area contributed by atoms with Gasteiger partial charge in [-0.3, -0.25) is 14.9 Å². The fraction of sp³-hybridized carbons (Fsp3) is 0.231. The van der Waals surface area contributed by atoms with E-state index >= 15 is 0 Å². The monoisotopic (exact) mass is 306 g/mol. The minimum atomic E-state index is -0.482. The van der Waals surface area contributed by atoms with Gasteiger partial charge < -0.3 is 10.6 Å². The van der Waals surface area contributed by atoms with Crippen LogP contribution in [0.2, 0.25) is 0 Å². The highest BCUT2D eigenvalue weighted by atomic mass is 32.1. The van der Waals surface area contributed by atoms with Crippen LogP contribution in [0.3, 0.4) is 0 Å². The Hall–Kier alpha value is -2.48. The van der Waals surface area contributed by atoms with Crippen LogP contribution >= 0.6 is 11.3 Å². The second kappa shape index (κ2) is 6.31. The molecule has 1 amide bonds. The third-order valence-corrected chi connectivity index (χ3v) is 3.83. The molecule has 0 saturated carbocycles. The van der Waals surface area contributed by atoms with Gasteiger partial charge in [0.2, 0.25) is 0 Å². The molecule has 0 saturated heterocycles. The van der Waals surface area contributed by atoms with Gasteiger partial charge >= 0.3 is 0 Å². The molecule has 110 valence electrons. The highest BCUT2D eigenvalue weighted by molar-refractivity contribution is 7.09. The molecule has 1 atom stereocenters. The fourth-order valence-corrected chi connectivity index (χ4v) is 2.49. The van der Waals surface area contributed by atoms with Crippen LogP contribution in [0.25, 0.3) is 0 Å². The summed E-state index contributed by atoms with van der Waals surface area (Å²) >= 11 is 1.46. The van der Waals surface area contributed by atoms with Crippen molar-refractivity contribution >= 4 is 28.6 Å². The summed E-state index contributed by atoms with van der Waals surface area (Å²) in [5.74, 6) is -0.296. The van der Waals surface area contributed by atoms with Crippen molar-refractivity contribution in [3.8, 4) is 0 Å². The van der Waals surface area contributed by atoms with Crippen molar-refractivity contribution in [2.45, 2.75) is 13.0 Å². The molecule has 0 spiro atoms. The normalized spacial score (nSPS) is 11.7. The Bertz CT molecular complexity index is 657. The van der Waals surface area contributed by atoms with Crippen LogP contribution in [-0.4, -0.2) is 22.9 Å². The van der Waals surface area contributed by atoms with Crippen LogP contribution in [0.5, 0.6) is 0 Å². The van der Waals surface area contributed by atoms with Crippen molar-refractivity contribution in [1.29, 1.82) is 0 Å². The molecule has 2 N–H and O–H groups in total. The second-order valence-electron chi connectivity index (χ2n) is 4.30. The van der Waals surface area contributed by atoms with Gasteiger partial charge in [0.25, 0.3) is 11.6 Å². The number of nitrogens with one attached hydrogen (secondary N) is 2. The fourth-order valence-electron chi connectivity index (χ4n) is 1.84. The van der Waals surface area contributed by atoms with Crippen molar-refractivity contribution in [3.63, 3.8) is 0 Å². The van der Waals surface area contributed by atoms with Crippen LogP contribution in [0.15, 0.2) is 29.8 Å². The van der Waals surface area contributed by atoms with E-state index in [1.165, 1.54) is 36.6 Å². The number of hydrogen-bond acceptors (Lipinski definition) is 6. The standard InChI is InChI=1S/C13H14N4O3S/c1-8(13-15-5-6-21-13)16-10-7-9(12(18)14-2)3-4-11(10)17(19)20/h3-8,16H,1-2H3,(H,14,18). The minimum absolute atomic E-state index is 0.0777. The van der Waals surface area contributed by atoms with Crippen molar-refractivity contribution in [3.05, 3.63) is 50.5 Å². The molecule has 0 aliphatic rings. The molecule has 0 radical (unpaired) electrons. The third-order valence-electron chi connectivity index (χ3n) is 2.88. The molecule has 0 fully saturated rings. The van der Waals surface area contributed by atoms with E-state index in [2.05, 4.69) is 15.6 Å². The molecule has 7 nitrogen and oxygen atoms in total. The van der Waals surface area contributed by atoms with Crippen LogP contribution in [-0.2, 0) is 0 Å². The maximum Gasteiger partial charge on any atom is 0.292 e. The maximum atomic E-state index is 11.6. The number of benzene rings is 1. The maximum absolute atomic E-state index is 11.6. The Balaban J connectivity index is 2.34. The Labute approximate surface area is 125 Å². The first-order valence-corrected chi connectivity index (χ1v) is 7.07. The number of aromatic nitrogens is 1. The highest BCUT2D eigenvalue weighted by Gasteiger charge is 2.19. The molecular formula is C13H14N4O3S. The minimum Gasteiger partial charge on any atom is -0.371 e. The van der Waals surface area contributed by atoms with Crippen LogP contribution in [0.1, 0.15) is 28.3 Å². The Morgan fingerprint density at radius 1 is 1.48 bits per heavy atom. The first-order chi connectivity index (χ1) is 10.0. The molecule has 2 rings (SSSR count). The summed E-state index contributed by atoms with van der Waals surface area (Å²) in [6, 6.07) is 4.03. The first-order valence-electron chi connectivity index (χ1n) is 6.19. The van der Waals surface area contributed by atoms with Crippen LogP contribution < -0.4 is 10.6 Å². The van der Waals surface area contributed by atoms with Crippen molar-refractivity contribution in [2.75, 3.05) is 12.4 Å². The molecule has 8 heteroatoms. The molecule has 1 unspecified atom stereocenters. The number of nitro groups is 1. The second-order valence-corrected chi connectivity index (χ2v) is 5.23. The zero-order chi connectivity index (χ0) is 15.4. The number of nitro benzene ring substituents is 1. The van der Waals surface area contributed by atoms with Gasteiger partial charge in [0.05, 0.1) is 11.0 Å². The SMILES string of the molecule is CNC(=O)c1ccc([N+](=O)[O-])c(NC(C)c2nccs2)c1. The van der Waals surface area contributed by atoms with Gasteiger partial charge in [0, 0.05) is 30.3 Å². The van der Waals surface area contributed by atoms with Gasteiger partial charge in [-0.05, 0) is 19.1 Å². The van der Waals surface area contributed by atoms with Crippen molar-refractivity contribution in [1.82, 2.24) is 10.3 Å². The van der Waals surface area contributed by atoms with Gasteiger partial charge in [-0.15, -0.1) is 11.3 Å². The van der Waals surface area contributed by atoms with Crippen LogP contribution in [0, 0.1) is 10.1 Å². The Morgan fingerprint density at radius 2 is 2.24 bits per heavy atom. The number of carbonyl (C=O) groups is 1. The lowest BCUT2D eigenvalue weighted by Crippen LogP contribution is -2.18. The average Bonchev–Trinajstić information content (AvgIpc) is 3.00. The lowest BCUT2D eigenvalue weighted by Gasteiger charge is -2.13. The van der Waals surface area contributed by atoms with E-state index in [0.29, 0.717) is 11.3 Å². The number of amides is 1. The summed E-state index contributed by atoms with van der Waals surface area (Å²) in [6.07, 6.45) is 1.67. The van der Waals surface area contributed by atoms with Crippen molar-refractivity contribution in [2.24, 2.45) is 0 Å². The van der Waals surface area contributed by atoms with Gasteiger partial charge in [-0.1, -0.05) is 0 Å².